The molecule has 0 aromatic heterocycles. The molecule has 0 bridgehead atoms. The van der Waals surface area contributed by atoms with E-state index in [0.29, 0.717) is 19.2 Å². The van der Waals surface area contributed by atoms with Crippen LogP contribution in [-0.4, -0.2) is 49.2 Å². The first kappa shape index (κ1) is 8.29. The fourth-order valence-electron chi connectivity index (χ4n) is 0.998. The lowest BCUT2D eigenvalue weighted by atomic mass is 10.4. The average Bonchev–Trinajstić information content (AvgIpc) is 2.05. The molecule has 0 radical (unpaired) electrons. The number of hydrogen-bond donors (Lipinski definition) is 2. The van der Waals surface area contributed by atoms with Crippen LogP contribution in [0.25, 0.3) is 0 Å². The van der Waals surface area contributed by atoms with E-state index in [1.54, 1.807) is 7.05 Å². The van der Waals surface area contributed by atoms with Gasteiger partial charge in [0, 0.05) is 20.1 Å². The van der Waals surface area contributed by atoms with E-state index in [1.807, 2.05) is 4.90 Å². The summed E-state index contributed by atoms with van der Waals surface area (Å²) in [5.41, 5.74) is 0. The van der Waals surface area contributed by atoms with Gasteiger partial charge in [0.2, 0.25) is 5.96 Å². The second kappa shape index (κ2) is 3.54. The lowest BCUT2D eigenvalue weighted by Crippen LogP contribution is -2.49. The summed E-state index contributed by atoms with van der Waals surface area (Å²) >= 11 is 0. The van der Waals surface area contributed by atoms with Crippen molar-refractivity contribution in [2.75, 3.05) is 33.4 Å². The van der Waals surface area contributed by atoms with Crippen molar-refractivity contribution in [2.45, 2.75) is 0 Å². The minimum absolute atomic E-state index is 0.355. The maximum atomic E-state index is 7.51. The molecule has 5 nitrogen and oxygen atoms in total. The van der Waals surface area contributed by atoms with Gasteiger partial charge in [-0.2, -0.15) is 0 Å². The maximum absolute atomic E-state index is 7.51. The number of guanidine groups is 1. The van der Waals surface area contributed by atoms with Crippen LogP contribution >= 0.6 is 0 Å². The SMILES string of the molecule is CN(N)C(=N)N1CCOCC1. The van der Waals surface area contributed by atoms with Crippen LogP contribution < -0.4 is 5.84 Å². The van der Waals surface area contributed by atoms with Crippen LogP contribution in [0.4, 0.5) is 0 Å². The Balaban J connectivity index is 2.39. The van der Waals surface area contributed by atoms with Gasteiger partial charge in [0.15, 0.2) is 0 Å². The Bertz CT molecular complexity index is 142. The molecule has 0 amide bonds. The summed E-state index contributed by atoms with van der Waals surface area (Å²) in [6.07, 6.45) is 0. The third-order valence-electron chi connectivity index (χ3n) is 1.64. The first-order valence-corrected chi connectivity index (χ1v) is 3.61. The van der Waals surface area contributed by atoms with Gasteiger partial charge in [-0.25, -0.2) is 5.84 Å². The third-order valence-corrected chi connectivity index (χ3v) is 1.64. The summed E-state index contributed by atoms with van der Waals surface area (Å²) in [7, 11) is 1.66. The van der Waals surface area contributed by atoms with E-state index in [9.17, 15) is 0 Å². The molecular formula is C6H14N4O. The van der Waals surface area contributed by atoms with E-state index in [-0.39, 0.29) is 0 Å². The molecule has 0 aromatic rings. The Hall–Kier alpha value is -0.810. The summed E-state index contributed by atoms with van der Waals surface area (Å²) in [5.74, 6) is 5.75. The predicted octanol–water partition coefficient (Wildman–Crippen LogP) is -0.941. The van der Waals surface area contributed by atoms with Gasteiger partial charge in [-0.15, -0.1) is 0 Å². The topological polar surface area (TPSA) is 65.6 Å². The molecule has 0 spiro atoms. The van der Waals surface area contributed by atoms with Crippen LogP contribution in [0, 0.1) is 5.41 Å². The molecule has 0 saturated carbocycles. The summed E-state index contributed by atoms with van der Waals surface area (Å²) in [6, 6.07) is 0. The number of hydrogen-bond acceptors (Lipinski definition) is 3. The number of nitrogens with two attached hydrogens (primary N) is 1. The predicted molar refractivity (Wildman–Crippen MR) is 42.1 cm³/mol. The quantitative estimate of drug-likeness (QED) is 0.207. The van der Waals surface area contributed by atoms with Crippen LogP contribution in [-0.2, 0) is 4.74 Å². The molecule has 1 saturated heterocycles. The highest BCUT2D eigenvalue weighted by Gasteiger charge is 2.14. The Labute approximate surface area is 66.2 Å². The highest BCUT2D eigenvalue weighted by molar-refractivity contribution is 5.76. The maximum Gasteiger partial charge on any atom is 0.208 e. The Morgan fingerprint density at radius 3 is 2.55 bits per heavy atom. The Morgan fingerprint density at radius 1 is 1.55 bits per heavy atom. The second-order valence-electron chi connectivity index (χ2n) is 2.53. The normalized spacial score (nSPS) is 18.2. The van der Waals surface area contributed by atoms with Gasteiger partial charge >= 0.3 is 0 Å². The van der Waals surface area contributed by atoms with Crippen LogP contribution in [0.15, 0.2) is 0 Å². The van der Waals surface area contributed by atoms with Crippen molar-refractivity contribution >= 4 is 5.96 Å². The van der Waals surface area contributed by atoms with Gasteiger partial charge < -0.3 is 9.64 Å². The Morgan fingerprint density at radius 2 is 2.09 bits per heavy atom. The van der Waals surface area contributed by atoms with E-state index >= 15 is 0 Å². The summed E-state index contributed by atoms with van der Waals surface area (Å²) < 4.78 is 5.13. The van der Waals surface area contributed by atoms with Gasteiger partial charge in [-0.1, -0.05) is 0 Å². The molecule has 1 fully saturated rings. The van der Waals surface area contributed by atoms with Gasteiger partial charge in [-0.3, -0.25) is 10.4 Å². The molecule has 0 aliphatic carbocycles. The van der Waals surface area contributed by atoms with Crippen LogP contribution in [0.3, 0.4) is 0 Å². The van der Waals surface area contributed by atoms with E-state index in [2.05, 4.69) is 0 Å². The van der Waals surface area contributed by atoms with Crippen molar-refractivity contribution in [1.82, 2.24) is 9.91 Å². The highest BCUT2D eigenvalue weighted by Crippen LogP contribution is 1.97. The van der Waals surface area contributed by atoms with E-state index in [0.717, 1.165) is 13.1 Å². The van der Waals surface area contributed by atoms with Crippen molar-refractivity contribution in [1.29, 1.82) is 5.41 Å². The van der Waals surface area contributed by atoms with Gasteiger partial charge in [-0.05, 0) is 0 Å². The molecule has 1 aliphatic rings. The smallest absolute Gasteiger partial charge is 0.208 e. The van der Waals surface area contributed by atoms with Gasteiger partial charge in [0.05, 0.1) is 13.2 Å². The molecule has 0 atom stereocenters. The zero-order chi connectivity index (χ0) is 8.27. The van der Waals surface area contributed by atoms with Crippen LogP contribution in [0.5, 0.6) is 0 Å². The largest absolute Gasteiger partial charge is 0.378 e. The van der Waals surface area contributed by atoms with Gasteiger partial charge in [0.25, 0.3) is 0 Å². The number of rotatable bonds is 0. The zero-order valence-corrected chi connectivity index (χ0v) is 6.71. The van der Waals surface area contributed by atoms with E-state index in [1.165, 1.54) is 5.01 Å². The monoisotopic (exact) mass is 158 g/mol. The average molecular weight is 158 g/mol. The van der Waals surface area contributed by atoms with Crippen molar-refractivity contribution < 1.29 is 4.74 Å². The van der Waals surface area contributed by atoms with Crippen LogP contribution in [0.1, 0.15) is 0 Å². The molecule has 1 aliphatic heterocycles. The standard InChI is InChI=1S/C6H14N4O/c1-9(8)6(7)10-2-4-11-5-3-10/h7H,2-5,8H2,1H3. The molecule has 11 heavy (non-hydrogen) atoms. The number of nitrogens with zero attached hydrogens (tertiary/aromatic N) is 2. The number of ether oxygens (including phenoxy) is 1. The van der Waals surface area contributed by atoms with E-state index < -0.39 is 0 Å². The fraction of sp³-hybridized carbons (Fsp3) is 0.833. The van der Waals surface area contributed by atoms with Crippen molar-refractivity contribution in [3.05, 3.63) is 0 Å². The van der Waals surface area contributed by atoms with Crippen molar-refractivity contribution in [3.8, 4) is 0 Å². The number of nitrogens with one attached hydrogen (secondary N) is 1. The lowest BCUT2D eigenvalue weighted by Gasteiger charge is -2.31. The molecule has 1 heterocycles. The molecule has 64 valence electrons. The minimum atomic E-state index is 0.355. The van der Waals surface area contributed by atoms with Gasteiger partial charge in [0.1, 0.15) is 0 Å². The first-order chi connectivity index (χ1) is 5.22. The molecule has 5 heteroatoms. The number of morpholine rings is 1. The fourth-order valence-corrected chi connectivity index (χ4v) is 0.998. The number of hydrazine groups is 1. The third kappa shape index (κ3) is 2.06. The summed E-state index contributed by atoms with van der Waals surface area (Å²) in [6.45, 7) is 2.91. The summed E-state index contributed by atoms with van der Waals surface area (Å²) in [4.78, 5) is 1.89. The lowest BCUT2D eigenvalue weighted by molar-refractivity contribution is 0.0626. The second-order valence-corrected chi connectivity index (χ2v) is 2.53. The summed E-state index contributed by atoms with van der Waals surface area (Å²) in [5, 5.41) is 8.82. The molecule has 1 rings (SSSR count). The molecule has 0 aromatic carbocycles. The first-order valence-electron chi connectivity index (χ1n) is 3.61. The van der Waals surface area contributed by atoms with E-state index in [4.69, 9.17) is 16.0 Å². The van der Waals surface area contributed by atoms with Crippen molar-refractivity contribution in [3.63, 3.8) is 0 Å². The zero-order valence-electron chi connectivity index (χ0n) is 6.71. The molecule has 0 unspecified atom stereocenters. The van der Waals surface area contributed by atoms with Crippen molar-refractivity contribution in [2.24, 2.45) is 5.84 Å². The Kier molecular flexibility index (Phi) is 2.67. The molecular weight excluding hydrogens is 144 g/mol. The highest BCUT2D eigenvalue weighted by atomic mass is 16.5. The molecule has 3 N–H and O–H groups in total. The minimum Gasteiger partial charge on any atom is -0.378 e. The van der Waals surface area contributed by atoms with Crippen LogP contribution in [0.2, 0.25) is 0 Å².